The van der Waals surface area contributed by atoms with Crippen LogP contribution in [0.1, 0.15) is 57.3 Å². The number of amides is 1. The Balaban J connectivity index is 2.22. The Morgan fingerprint density at radius 2 is 1.92 bits per heavy atom. The number of nitrogens with zero attached hydrogens (tertiary/aromatic N) is 1. The van der Waals surface area contributed by atoms with Gasteiger partial charge in [0.05, 0.1) is 18.7 Å². The van der Waals surface area contributed by atoms with E-state index in [-0.39, 0.29) is 5.91 Å². The first kappa shape index (κ1) is 19.9. The number of benzene rings is 1. The first-order valence-corrected chi connectivity index (χ1v) is 9.52. The van der Waals surface area contributed by atoms with E-state index < -0.39 is 0 Å². The molecule has 0 aliphatic heterocycles. The number of ether oxygens (including phenoxy) is 2. The Bertz CT molecular complexity index is 597. The summed E-state index contributed by atoms with van der Waals surface area (Å²) in [6, 6.07) is 3.81. The van der Waals surface area contributed by atoms with Crippen molar-refractivity contribution in [1.29, 1.82) is 0 Å². The van der Waals surface area contributed by atoms with Crippen molar-refractivity contribution in [3.63, 3.8) is 0 Å². The van der Waals surface area contributed by atoms with Gasteiger partial charge in [-0.05, 0) is 43.2 Å². The van der Waals surface area contributed by atoms with E-state index in [2.05, 4.69) is 27.7 Å². The summed E-state index contributed by atoms with van der Waals surface area (Å²) in [5.41, 5.74) is 0.564. The number of halogens is 1. The molecule has 1 aliphatic carbocycles. The minimum atomic E-state index is 0.0266. The Morgan fingerprint density at radius 3 is 2.44 bits per heavy atom. The lowest BCUT2D eigenvalue weighted by Gasteiger charge is -2.24. The third-order valence-electron chi connectivity index (χ3n) is 4.23. The lowest BCUT2D eigenvalue weighted by Crippen LogP contribution is -2.34. The summed E-state index contributed by atoms with van der Waals surface area (Å²) in [5, 5.41) is 0.419. The van der Waals surface area contributed by atoms with E-state index in [4.69, 9.17) is 21.1 Å². The van der Waals surface area contributed by atoms with Crippen molar-refractivity contribution in [2.75, 3.05) is 20.3 Å². The van der Waals surface area contributed by atoms with E-state index in [9.17, 15) is 4.79 Å². The molecule has 0 N–H and O–H groups in total. The van der Waals surface area contributed by atoms with Gasteiger partial charge in [-0.2, -0.15) is 0 Å². The SMILES string of the molecule is COc1cc(C(=O)N(CCC(C)C)C2CC2)cc(Cl)c1OCC(C)C. The molecule has 25 heavy (non-hydrogen) atoms. The molecule has 1 aliphatic rings. The summed E-state index contributed by atoms with van der Waals surface area (Å²) in [7, 11) is 1.57. The van der Waals surface area contributed by atoms with E-state index in [0.29, 0.717) is 46.6 Å². The maximum atomic E-state index is 13.0. The second kappa shape index (κ2) is 8.79. The zero-order valence-corrected chi connectivity index (χ0v) is 16.7. The predicted octanol–water partition coefficient (Wildman–Crippen LogP) is 5.03. The maximum absolute atomic E-state index is 13.0. The highest BCUT2D eigenvalue weighted by Gasteiger charge is 2.33. The highest BCUT2D eigenvalue weighted by atomic mass is 35.5. The molecule has 0 spiro atoms. The van der Waals surface area contributed by atoms with Crippen molar-refractivity contribution >= 4 is 17.5 Å². The van der Waals surface area contributed by atoms with Crippen LogP contribution >= 0.6 is 11.6 Å². The number of carbonyl (C=O) groups excluding carboxylic acids is 1. The summed E-state index contributed by atoms with van der Waals surface area (Å²) in [6.45, 7) is 9.83. The number of methoxy groups -OCH3 is 1. The fourth-order valence-electron chi connectivity index (χ4n) is 2.63. The molecule has 1 amide bonds. The van der Waals surface area contributed by atoms with Crippen LogP contribution < -0.4 is 9.47 Å². The van der Waals surface area contributed by atoms with E-state index in [0.717, 1.165) is 25.8 Å². The summed E-state index contributed by atoms with van der Waals surface area (Å²) in [6.07, 6.45) is 3.18. The normalized spacial score (nSPS) is 14.1. The third-order valence-corrected chi connectivity index (χ3v) is 4.51. The molecule has 1 aromatic carbocycles. The molecular formula is C20H30ClNO3. The smallest absolute Gasteiger partial charge is 0.254 e. The minimum Gasteiger partial charge on any atom is -0.493 e. The monoisotopic (exact) mass is 367 g/mol. The van der Waals surface area contributed by atoms with Crippen molar-refractivity contribution in [1.82, 2.24) is 4.90 Å². The first-order valence-electron chi connectivity index (χ1n) is 9.14. The number of carbonyl (C=O) groups is 1. The van der Waals surface area contributed by atoms with Gasteiger partial charge in [-0.15, -0.1) is 0 Å². The van der Waals surface area contributed by atoms with Gasteiger partial charge in [0.2, 0.25) is 0 Å². The molecule has 1 aromatic rings. The van der Waals surface area contributed by atoms with Crippen LogP contribution in [-0.2, 0) is 0 Å². The summed E-state index contributed by atoms with van der Waals surface area (Å²) < 4.78 is 11.2. The molecule has 4 nitrogen and oxygen atoms in total. The average molecular weight is 368 g/mol. The molecule has 0 atom stereocenters. The van der Waals surface area contributed by atoms with Crippen LogP contribution in [0.15, 0.2) is 12.1 Å². The van der Waals surface area contributed by atoms with E-state index in [1.807, 2.05) is 4.90 Å². The van der Waals surface area contributed by atoms with E-state index in [1.54, 1.807) is 19.2 Å². The third kappa shape index (κ3) is 5.53. The zero-order chi connectivity index (χ0) is 18.6. The van der Waals surface area contributed by atoms with Crippen molar-refractivity contribution in [3.05, 3.63) is 22.7 Å². The van der Waals surface area contributed by atoms with Gasteiger partial charge in [0.25, 0.3) is 5.91 Å². The largest absolute Gasteiger partial charge is 0.493 e. The lowest BCUT2D eigenvalue weighted by molar-refractivity contribution is 0.0735. The Kier molecular flexibility index (Phi) is 7.00. The molecule has 1 fully saturated rings. The van der Waals surface area contributed by atoms with E-state index >= 15 is 0 Å². The van der Waals surface area contributed by atoms with Crippen LogP contribution in [0.3, 0.4) is 0 Å². The van der Waals surface area contributed by atoms with Gasteiger partial charge in [-0.3, -0.25) is 4.79 Å². The first-order chi connectivity index (χ1) is 11.8. The molecule has 5 heteroatoms. The molecule has 1 saturated carbocycles. The second-order valence-electron chi connectivity index (χ2n) is 7.61. The Morgan fingerprint density at radius 1 is 1.24 bits per heavy atom. The average Bonchev–Trinajstić information content (AvgIpc) is 3.37. The van der Waals surface area contributed by atoms with Gasteiger partial charge in [0, 0.05) is 18.2 Å². The van der Waals surface area contributed by atoms with Crippen molar-refractivity contribution < 1.29 is 14.3 Å². The molecule has 0 heterocycles. The molecule has 0 aromatic heterocycles. The number of hydrogen-bond acceptors (Lipinski definition) is 3. The Hall–Kier alpha value is -1.42. The minimum absolute atomic E-state index is 0.0266. The topological polar surface area (TPSA) is 38.8 Å². The van der Waals surface area contributed by atoms with Crippen LogP contribution in [0.4, 0.5) is 0 Å². The van der Waals surface area contributed by atoms with Crippen LogP contribution in [0.5, 0.6) is 11.5 Å². The van der Waals surface area contributed by atoms with Crippen LogP contribution in [0.25, 0.3) is 0 Å². The van der Waals surface area contributed by atoms with Gasteiger partial charge >= 0.3 is 0 Å². The van der Waals surface area contributed by atoms with Crippen LogP contribution in [0.2, 0.25) is 5.02 Å². The summed E-state index contributed by atoms with van der Waals surface area (Å²) in [5.74, 6) is 1.99. The number of hydrogen-bond donors (Lipinski definition) is 0. The predicted molar refractivity (Wildman–Crippen MR) is 102 cm³/mol. The van der Waals surface area contributed by atoms with E-state index in [1.165, 1.54) is 0 Å². The van der Waals surface area contributed by atoms with Gasteiger partial charge in [-0.1, -0.05) is 39.3 Å². The van der Waals surface area contributed by atoms with Crippen molar-refractivity contribution in [3.8, 4) is 11.5 Å². The summed E-state index contributed by atoms with van der Waals surface area (Å²) in [4.78, 5) is 15.0. The molecular weight excluding hydrogens is 338 g/mol. The second-order valence-corrected chi connectivity index (χ2v) is 8.01. The zero-order valence-electron chi connectivity index (χ0n) is 16.0. The molecule has 0 radical (unpaired) electrons. The van der Waals surface area contributed by atoms with Gasteiger partial charge in [0.15, 0.2) is 11.5 Å². The molecule has 0 bridgehead atoms. The maximum Gasteiger partial charge on any atom is 0.254 e. The number of rotatable bonds is 9. The highest BCUT2D eigenvalue weighted by Crippen LogP contribution is 2.38. The lowest BCUT2D eigenvalue weighted by atomic mass is 10.1. The van der Waals surface area contributed by atoms with Gasteiger partial charge in [0.1, 0.15) is 0 Å². The van der Waals surface area contributed by atoms with Gasteiger partial charge < -0.3 is 14.4 Å². The standard InChI is InChI=1S/C20H30ClNO3/c1-13(2)8-9-22(16-6-7-16)20(23)15-10-17(21)19(18(11-15)24-5)25-12-14(3)4/h10-11,13-14,16H,6-9,12H2,1-5H3. The molecule has 2 rings (SSSR count). The Labute approximate surface area is 156 Å². The van der Waals surface area contributed by atoms with Crippen LogP contribution in [-0.4, -0.2) is 37.1 Å². The summed E-state index contributed by atoms with van der Waals surface area (Å²) >= 11 is 6.39. The molecule has 0 unspecified atom stereocenters. The van der Waals surface area contributed by atoms with Crippen LogP contribution in [0, 0.1) is 11.8 Å². The fourth-order valence-corrected chi connectivity index (χ4v) is 2.90. The van der Waals surface area contributed by atoms with Crippen molar-refractivity contribution in [2.24, 2.45) is 11.8 Å². The fraction of sp³-hybridized carbons (Fsp3) is 0.650. The van der Waals surface area contributed by atoms with Gasteiger partial charge in [-0.25, -0.2) is 0 Å². The highest BCUT2D eigenvalue weighted by molar-refractivity contribution is 6.32. The molecule has 140 valence electrons. The quantitative estimate of drug-likeness (QED) is 0.614. The van der Waals surface area contributed by atoms with Crippen molar-refractivity contribution in [2.45, 2.75) is 53.0 Å². The molecule has 0 saturated heterocycles.